The zero-order valence-electron chi connectivity index (χ0n) is 9.76. The van der Waals surface area contributed by atoms with Crippen LogP contribution in [0.3, 0.4) is 0 Å². The number of hydrogen-bond donors (Lipinski definition) is 0. The van der Waals surface area contributed by atoms with Gasteiger partial charge in [0.25, 0.3) is 5.91 Å². The van der Waals surface area contributed by atoms with Crippen molar-refractivity contribution in [2.24, 2.45) is 0 Å². The van der Waals surface area contributed by atoms with Gasteiger partial charge in [0.2, 0.25) is 6.79 Å². The van der Waals surface area contributed by atoms with Crippen molar-refractivity contribution >= 4 is 5.91 Å². The fraction of sp³-hybridized carbons (Fsp3) is 0.385. The molecule has 0 saturated heterocycles. The molecule has 5 nitrogen and oxygen atoms in total. The van der Waals surface area contributed by atoms with Crippen LogP contribution in [0.5, 0.6) is 11.5 Å². The quantitative estimate of drug-likeness (QED) is 0.757. The number of nitriles is 1. The van der Waals surface area contributed by atoms with Gasteiger partial charge in [-0.25, -0.2) is 0 Å². The number of hydrogen-bond acceptors (Lipinski definition) is 4. The van der Waals surface area contributed by atoms with Crippen molar-refractivity contribution < 1.29 is 14.3 Å². The van der Waals surface area contributed by atoms with Gasteiger partial charge in [0.1, 0.15) is 6.54 Å². The Morgan fingerprint density at radius 2 is 2.17 bits per heavy atom. The number of carbonyl (C=O) groups excluding carboxylic acids is 1. The van der Waals surface area contributed by atoms with Crippen molar-refractivity contribution in [2.75, 3.05) is 13.3 Å². The Morgan fingerprint density at radius 1 is 1.39 bits per heavy atom. The van der Waals surface area contributed by atoms with Gasteiger partial charge in [0, 0.05) is 11.6 Å². The summed E-state index contributed by atoms with van der Waals surface area (Å²) in [6.45, 7) is 0.329. The summed E-state index contributed by atoms with van der Waals surface area (Å²) in [5.74, 6) is 1.13. The second-order valence-corrected chi connectivity index (χ2v) is 4.39. The SMILES string of the molecule is N#CCN(C(=O)c1ccc2c(c1)OCO2)C1CC1. The van der Waals surface area contributed by atoms with E-state index in [0.29, 0.717) is 17.1 Å². The van der Waals surface area contributed by atoms with E-state index < -0.39 is 0 Å². The summed E-state index contributed by atoms with van der Waals surface area (Å²) in [7, 11) is 0. The molecule has 0 bridgehead atoms. The summed E-state index contributed by atoms with van der Waals surface area (Å²) in [6.07, 6.45) is 1.97. The van der Waals surface area contributed by atoms with Crippen LogP contribution in [0, 0.1) is 11.3 Å². The molecular formula is C13H12N2O3. The van der Waals surface area contributed by atoms with Crippen LogP contribution < -0.4 is 9.47 Å². The largest absolute Gasteiger partial charge is 0.454 e. The minimum Gasteiger partial charge on any atom is -0.454 e. The van der Waals surface area contributed by atoms with Crippen LogP contribution in [0.2, 0.25) is 0 Å². The highest BCUT2D eigenvalue weighted by atomic mass is 16.7. The number of benzene rings is 1. The predicted molar refractivity (Wildman–Crippen MR) is 62.2 cm³/mol. The first-order chi connectivity index (χ1) is 8.79. The van der Waals surface area contributed by atoms with Crippen molar-refractivity contribution in [3.63, 3.8) is 0 Å². The first-order valence-corrected chi connectivity index (χ1v) is 5.87. The average Bonchev–Trinajstić information content (AvgIpc) is 3.12. The smallest absolute Gasteiger partial charge is 0.255 e. The Kier molecular flexibility index (Phi) is 2.56. The third-order valence-corrected chi connectivity index (χ3v) is 3.11. The topological polar surface area (TPSA) is 62.6 Å². The summed E-state index contributed by atoms with van der Waals surface area (Å²) in [6, 6.07) is 7.38. The second kappa shape index (κ2) is 4.22. The van der Waals surface area contributed by atoms with Crippen LogP contribution in [0.1, 0.15) is 23.2 Å². The van der Waals surface area contributed by atoms with E-state index in [2.05, 4.69) is 0 Å². The molecule has 1 aliphatic carbocycles. The molecule has 1 fully saturated rings. The van der Waals surface area contributed by atoms with E-state index in [1.54, 1.807) is 23.1 Å². The molecule has 5 heteroatoms. The number of amides is 1. The van der Waals surface area contributed by atoms with Gasteiger partial charge < -0.3 is 14.4 Å². The summed E-state index contributed by atoms with van der Waals surface area (Å²) in [4.78, 5) is 13.9. The molecule has 0 unspecified atom stereocenters. The molecule has 0 radical (unpaired) electrons. The Bertz CT molecular complexity index is 532. The molecule has 1 aromatic carbocycles. The highest BCUT2D eigenvalue weighted by molar-refractivity contribution is 5.95. The number of nitrogens with zero attached hydrogens (tertiary/aromatic N) is 2. The first-order valence-electron chi connectivity index (χ1n) is 5.87. The van der Waals surface area contributed by atoms with E-state index in [1.807, 2.05) is 6.07 Å². The fourth-order valence-electron chi connectivity index (χ4n) is 2.02. The third kappa shape index (κ3) is 1.86. The number of ether oxygens (including phenoxy) is 2. The van der Waals surface area contributed by atoms with Crippen molar-refractivity contribution in [1.82, 2.24) is 4.90 Å². The maximum atomic E-state index is 12.3. The van der Waals surface area contributed by atoms with E-state index in [0.717, 1.165) is 12.8 Å². The van der Waals surface area contributed by atoms with Crippen molar-refractivity contribution in [3.8, 4) is 17.6 Å². The van der Waals surface area contributed by atoms with Crippen molar-refractivity contribution in [2.45, 2.75) is 18.9 Å². The van der Waals surface area contributed by atoms with Crippen LogP contribution in [-0.4, -0.2) is 30.2 Å². The summed E-state index contributed by atoms with van der Waals surface area (Å²) < 4.78 is 10.4. The summed E-state index contributed by atoms with van der Waals surface area (Å²) in [5, 5.41) is 8.78. The maximum Gasteiger partial charge on any atom is 0.255 e. The van der Waals surface area contributed by atoms with Gasteiger partial charge in [-0.1, -0.05) is 0 Å². The molecule has 1 aliphatic heterocycles. The van der Waals surface area contributed by atoms with E-state index in [9.17, 15) is 4.79 Å². The Hall–Kier alpha value is -2.22. The van der Waals surface area contributed by atoms with Gasteiger partial charge in [-0.2, -0.15) is 5.26 Å². The zero-order chi connectivity index (χ0) is 12.5. The molecule has 3 rings (SSSR count). The lowest BCUT2D eigenvalue weighted by Gasteiger charge is -2.18. The molecule has 1 aromatic rings. The van der Waals surface area contributed by atoms with Crippen molar-refractivity contribution in [1.29, 1.82) is 5.26 Å². The number of rotatable bonds is 3. The van der Waals surface area contributed by atoms with E-state index >= 15 is 0 Å². The van der Waals surface area contributed by atoms with Gasteiger partial charge in [-0.05, 0) is 31.0 Å². The summed E-state index contributed by atoms with van der Waals surface area (Å²) in [5.41, 5.74) is 0.543. The zero-order valence-corrected chi connectivity index (χ0v) is 9.76. The molecule has 2 aliphatic rings. The fourth-order valence-corrected chi connectivity index (χ4v) is 2.02. The predicted octanol–water partition coefficient (Wildman–Crippen LogP) is 1.54. The highest BCUT2D eigenvalue weighted by Crippen LogP contribution is 2.34. The maximum absolute atomic E-state index is 12.3. The normalized spacial score (nSPS) is 16.2. The van der Waals surface area contributed by atoms with Crippen LogP contribution in [0.15, 0.2) is 18.2 Å². The van der Waals surface area contributed by atoms with E-state index in [1.165, 1.54) is 0 Å². The van der Waals surface area contributed by atoms with Gasteiger partial charge in [0.05, 0.1) is 6.07 Å². The van der Waals surface area contributed by atoms with Crippen LogP contribution >= 0.6 is 0 Å². The van der Waals surface area contributed by atoms with Crippen molar-refractivity contribution in [3.05, 3.63) is 23.8 Å². The highest BCUT2D eigenvalue weighted by Gasteiger charge is 2.33. The van der Waals surface area contributed by atoms with Crippen LogP contribution in [0.25, 0.3) is 0 Å². The lowest BCUT2D eigenvalue weighted by Crippen LogP contribution is -2.33. The summed E-state index contributed by atoms with van der Waals surface area (Å²) >= 11 is 0. The molecule has 0 N–H and O–H groups in total. The first kappa shape index (κ1) is 10.9. The van der Waals surface area contributed by atoms with Gasteiger partial charge in [0.15, 0.2) is 11.5 Å². The lowest BCUT2D eigenvalue weighted by atomic mass is 10.1. The van der Waals surface area contributed by atoms with Crippen LogP contribution in [-0.2, 0) is 0 Å². The van der Waals surface area contributed by atoms with Crippen LogP contribution in [0.4, 0.5) is 0 Å². The van der Waals surface area contributed by atoms with E-state index in [4.69, 9.17) is 14.7 Å². The average molecular weight is 244 g/mol. The van der Waals surface area contributed by atoms with Gasteiger partial charge >= 0.3 is 0 Å². The molecule has 0 aromatic heterocycles. The van der Waals surface area contributed by atoms with Gasteiger partial charge in [-0.3, -0.25) is 4.79 Å². The minimum atomic E-state index is -0.114. The number of fused-ring (bicyclic) bond motifs is 1. The Labute approximate surface area is 105 Å². The third-order valence-electron chi connectivity index (χ3n) is 3.11. The van der Waals surface area contributed by atoms with Gasteiger partial charge in [-0.15, -0.1) is 0 Å². The number of carbonyl (C=O) groups is 1. The molecule has 1 amide bonds. The monoisotopic (exact) mass is 244 g/mol. The molecular weight excluding hydrogens is 232 g/mol. The molecule has 18 heavy (non-hydrogen) atoms. The molecule has 92 valence electrons. The second-order valence-electron chi connectivity index (χ2n) is 4.39. The lowest BCUT2D eigenvalue weighted by molar-refractivity contribution is 0.0764. The molecule has 1 heterocycles. The Balaban J connectivity index is 1.85. The van der Waals surface area contributed by atoms with E-state index in [-0.39, 0.29) is 25.3 Å². The Morgan fingerprint density at radius 3 is 2.89 bits per heavy atom. The molecule has 1 saturated carbocycles. The minimum absolute atomic E-state index is 0.114. The molecule has 0 atom stereocenters. The molecule has 0 spiro atoms. The standard InChI is InChI=1S/C13H12N2O3/c14-5-6-15(10-2-3-10)13(16)9-1-4-11-12(7-9)18-8-17-11/h1,4,7,10H,2-3,6,8H2.